The molecule has 0 spiro atoms. The summed E-state index contributed by atoms with van der Waals surface area (Å²) in [4.78, 5) is 23.2. The molecule has 6 nitrogen and oxygen atoms in total. The minimum Gasteiger partial charge on any atom is -0.497 e. The first-order valence-corrected chi connectivity index (χ1v) is 6.19. The maximum atomic E-state index is 11.9. The van der Waals surface area contributed by atoms with Gasteiger partial charge in [-0.05, 0) is 26.0 Å². The molecule has 114 valence electrons. The molecule has 0 N–H and O–H groups in total. The van der Waals surface area contributed by atoms with Crippen molar-refractivity contribution in [3.63, 3.8) is 0 Å². The highest BCUT2D eigenvalue weighted by Crippen LogP contribution is 2.31. The Morgan fingerprint density at radius 3 is 2.33 bits per heavy atom. The van der Waals surface area contributed by atoms with E-state index in [1.54, 1.807) is 12.1 Å². The number of ether oxygens (including phenoxy) is 4. The van der Waals surface area contributed by atoms with Crippen molar-refractivity contribution in [2.24, 2.45) is 0 Å². The predicted octanol–water partition coefficient (Wildman–Crippen LogP) is 2.12. The minimum absolute atomic E-state index is 0.205. The summed E-state index contributed by atoms with van der Waals surface area (Å²) in [5.41, 5.74) is 0.205. The van der Waals surface area contributed by atoms with Crippen molar-refractivity contribution in [2.75, 3.05) is 14.2 Å². The van der Waals surface area contributed by atoms with E-state index >= 15 is 0 Å². The van der Waals surface area contributed by atoms with Gasteiger partial charge in [-0.1, -0.05) is 6.58 Å². The topological polar surface area (TPSA) is 71.1 Å². The molecule has 0 aliphatic carbocycles. The van der Waals surface area contributed by atoms with Gasteiger partial charge in [-0.15, -0.1) is 0 Å². The van der Waals surface area contributed by atoms with Gasteiger partial charge < -0.3 is 18.9 Å². The largest absolute Gasteiger partial charge is 0.497 e. The molecule has 0 aliphatic rings. The van der Waals surface area contributed by atoms with Crippen LogP contribution in [-0.2, 0) is 14.3 Å². The molecule has 0 saturated carbocycles. The summed E-state index contributed by atoms with van der Waals surface area (Å²) in [5.74, 6) is -0.259. The van der Waals surface area contributed by atoms with Crippen LogP contribution in [0.3, 0.4) is 0 Å². The molecular weight excluding hydrogens is 276 g/mol. The molecule has 0 bridgehead atoms. The number of benzene rings is 1. The molecule has 0 radical (unpaired) electrons. The summed E-state index contributed by atoms with van der Waals surface area (Å²) in [7, 11) is 2.95. The van der Waals surface area contributed by atoms with Crippen molar-refractivity contribution in [2.45, 2.75) is 20.0 Å². The van der Waals surface area contributed by atoms with Crippen molar-refractivity contribution >= 4 is 11.9 Å². The molecule has 0 saturated heterocycles. The lowest BCUT2D eigenvalue weighted by Gasteiger charge is -2.14. The molecule has 21 heavy (non-hydrogen) atoms. The number of carbonyl (C=O) groups excluding carboxylic acids is 2. The second kappa shape index (κ2) is 7.33. The number of hydrogen-bond donors (Lipinski definition) is 0. The summed E-state index contributed by atoms with van der Waals surface area (Å²) < 4.78 is 20.2. The van der Waals surface area contributed by atoms with E-state index in [9.17, 15) is 9.59 Å². The van der Waals surface area contributed by atoms with E-state index in [0.717, 1.165) is 0 Å². The number of hydrogen-bond acceptors (Lipinski definition) is 6. The van der Waals surface area contributed by atoms with E-state index in [1.807, 2.05) is 0 Å². The highest BCUT2D eigenvalue weighted by molar-refractivity contribution is 5.89. The van der Waals surface area contributed by atoms with E-state index in [1.165, 1.54) is 34.1 Å². The standard InChI is InChI=1S/C15H18O6/c1-9(2)14(16)20-10(3)15(17)21-12-7-6-11(18-4)8-13(12)19-5/h6-8,10H,1H2,2-5H3. The van der Waals surface area contributed by atoms with E-state index in [0.29, 0.717) is 11.5 Å². The lowest BCUT2D eigenvalue weighted by Crippen LogP contribution is -2.28. The molecule has 1 aromatic carbocycles. The minimum atomic E-state index is -1.05. The van der Waals surface area contributed by atoms with E-state index in [-0.39, 0.29) is 11.3 Å². The second-order valence-electron chi connectivity index (χ2n) is 4.27. The zero-order valence-electron chi connectivity index (χ0n) is 12.5. The summed E-state index contributed by atoms with van der Waals surface area (Å²) in [6.45, 7) is 6.35. The maximum Gasteiger partial charge on any atom is 0.352 e. The van der Waals surface area contributed by atoms with E-state index < -0.39 is 18.0 Å². The number of methoxy groups -OCH3 is 2. The Bertz CT molecular complexity index is 549. The molecule has 1 rings (SSSR count). The molecule has 0 fully saturated rings. The fourth-order valence-corrected chi connectivity index (χ4v) is 1.36. The molecular formula is C15H18O6. The second-order valence-corrected chi connectivity index (χ2v) is 4.27. The Morgan fingerprint density at radius 2 is 1.81 bits per heavy atom. The molecule has 0 aliphatic heterocycles. The van der Waals surface area contributed by atoms with Crippen LogP contribution in [0.4, 0.5) is 0 Å². The van der Waals surface area contributed by atoms with Crippen molar-refractivity contribution in [1.82, 2.24) is 0 Å². The molecule has 0 heterocycles. The average molecular weight is 294 g/mol. The normalized spacial score (nSPS) is 11.2. The predicted molar refractivity (Wildman–Crippen MR) is 75.5 cm³/mol. The van der Waals surface area contributed by atoms with Crippen LogP contribution in [0.2, 0.25) is 0 Å². The third kappa shape index (κ3) is 4.52. The van der Waals surface area contributed by atoms with Gasteiger partial charge in [0.05, 0.1) is 14.2 Å². The van der Waals surface area contributed by atoms with Crippen LogP contribution in [-0.4, -0.2) is 32.3 Å². The van der Waals surface area contributed by atoms with Crippen molar-refractivity contribution in [3.05, 3.63) is 30.4 Å². The van der Waals surface area contributed by atoms with Crippen LogP contribution >= 0.6 is 0 Å². The van der Waals surface area contributed by atoms with Gasteiger partial charge in [-0.2, -0.15) is 0 Å². The van der Waals surface area contributed by atoms with Crippen LogP contribution in [0.1, 0.15) is 13.8 Å². The van der Waals surface area contributed by atoms with Crippen molar-refractivity contribution in [3.8, 4) is 17.2 Å². The van der Waals surface area contributed by atoms with Gasteiger partial charge in [-0.25, -0.2) is 9.59 Å². The number of carbonyl (C=O) groups is 2. The molecule has 0 amide bonds. The molecule has 1 unspecified atom stereocenters. The fourth-order valence-electron chi connectivity index (χ4n) is 1.36. The monoisotopic (exact) mass is 294 g/mol. The van der Waals surface area contributed by atoms with Gasteiger partial charge in [0.25, 0.3) is 0 Å². The first-order chi connectivity index (χ1) is 9.88. The SMILES string of the molecule is C=C(C)C(=O)OC(C)C(=O)Oc1ccc(OC)cc1OC. The Kier molecular flexibility index (Phi) is 5.78. The highest BCUT2D eigenvalue weighted by atomic mass is 16.6. The first-order valence-electron chi connectivity index (χ1n) is 6.19. The zero-order chi connectivity index (χ0) is 16.0. The van der Waals surface area contributed by atoms with Gasteiger partial charge >= 0.3 is 11.9 Å². The average Bonchev–Trinajstić information content (AvgIpc) is 2.47. The van der Waals surface area contributed by atoms with Crippen molar-refractivity contribution < 1.29 is 28.5 Å². The summed E-state index contributed by atoms with van der Waals surface area (Å²) in [6, 6.07) is 4.73. The summed E-state index contributed by atoms with van der Waals surface area (Å²) in [5, 5.41) is 0. The van der Waals surface area contributed by atoms with Gasteiger partial charge in [0, 0.05) is 11.6 Å². The van der Waals surface area contributed by atoms with Crippen molar-refractivity contribution in [1.29, 1.82) is 0 Å². The highest BCUT2D eigenvalue weighted by Gasteiger charge is 2.21. The molecule has 1 aromatic rings. The van der Waals surface area contributed by atoms with E-state index in [2.05, 4.69) is 6.58 Å². The Morgan fingerprint density at radius 1 is 1.14 bits per heavy atom. The van der Waals surface area contributed by atoms with Gasteiger partial charge in [-0.3, -0.25) is 0 Å². The van der Waals surface area contributed by atoms with Gasteiger partial charge in [0.2, 0.25) is 0 Å². The maximum absolute atomic E-state index is 11.9. The summed E-state index contributed by atoms with van der Waals surface area (Å²) >= 11 is 0. The Balaban J connectivity index is 2.78. The third-order valence-electron chi connectivity index (χ3n) is 2.55. The van der Waals surface area contributed by atoms with Gasteiger partial charge in [0.1, 0.15) is 5.75 Å². The Labute approximate surface area is 123 Å². The van der Waals surface area contributed by atoms with E-state index in [4.69, 9.17) is 18.9 Å². The lowest BCUT2D eigenvalue weighted by molar-refractivity contribution is -0.158. The first kappa shape index (κ1) is 16.6. The quantitative estimate of drug-likeness (QED) is 0.454. The number of rotatable bonds is 6. The third-order valence-corrected chi connectivity index (χ3v) is 2.55. The number of esters is 2. The van der Waals surface area contributed by atoms with Gasteiger partial charge in [0.15, 0.2) is 17.6 Å². The smallest absolute Gasteiger partial charge is 0.352 e. The fraction of sp³-hybridized carbons (Fsp3) is 0.333. The van der Waals surface area contributed by atoms with Crippen LogP contribution in [0, 0.1) is 0 Å². The summed E-state index contributed by atoms with van der Waals surface area (Å²) in [6.07, 6.45) is -1.05. The van der Waals surface area contributed by atoms with Crippen LogP contribution in [0.5, 0.6) is 17.2 Å². The zero-order valence-corrected chi connectivity index (χ0v) is 12.5. The molecule has 0 aromatic heterocycles. The van der Waals surface area contributed by atoms with Crippen LogP contribution in [0.15, 0.2) is 30.4 Å². The Hall–Kier alpha value is -2.50. The molecule has 1 atom stereocenters. The molecule has 6 heteroatoms. The lowest BCUT2D eigenvalue weighted by atomic mass is 10.3. The van der Waals surface area contributed by atoms with Crippen LogP contribution in [0.25, 0.3) is 0 Å². The van der Waals surface area contributed by atoms with Crippen LogP contribution < -0.4 is 14.2 Å².